The van der Waals surface area contributed by atoms with E-state index < -0.39 is 0 Å². The van der Waals surface area contributed by atoms with E-state index in [0.717, 1.165) is 5.01 Å². The Kier molecular flexibility index (Phi) is 3.53. The Morgan fingerprint density at radius 2 is 2.35 bits per heavy atom. The zero-order valence-corrected chi connectivity index (χ0v) is 11.7. The summed E-state index contributed by atoms with van der Waals surface area (Å²) in [6.45, 7) is 4.49. The molecule has 17 heavy (non-hydrogen) atoms. The Morgan fingerprint density at radius 1 is 1.59 bits per heavy atom. The van der Waals surface area contributed by atoms with Crippen LogP contribution in [0.4, 0.5) is 5.13 Å². The highest BCUT2D eigenvalue weighted by Crippen LogP contribution is 2.18. The minimum Gasteiger partial charge on any atom is -0.295 e. The van der Waals surface area contributed by atoms with E-state index in [9.17, 15) is 4.79 Å². The third-order valence-corrected chi connectivity index (χ3v) is 3.34. The van der Waals surface area contributed by atoms with Gasteiger partial charge in [-0.3, -0.25) is 14.8 Å². The van der Waals surface area contributed by atoms with Crippen molar-refractivity contribution in [1.29, 1.82) is 0 Å². The summed E-state index contributed by atoms with van der Waals surface area (Å²) in [5, 5.41) is 15.7. The molecule has 0 aliphatic heterocycles. The van der Waals surface area contributed by atoms with Crippen molar-refractivity contribution < 1.29 is 4.79 Å². The van der Waals surface area contributed by atoms with Gasteiger partial charge in [0.25, 0.3) is 5.91 Å². The first-order valence-corrected chi connectivity index (χ1v) is 6.55. The maximum Gasteiger partial charge on any atom is 0.279 e. The fourth-order valence-corrected chi connectivity index (χ4v) is 2.30. The fraction of sp³-hybridized carbons (Fsp3) is 0.333. The van der Waals surface area contributed by atoms with Crippen LogP contribution in [0.15, 0.2) is 10.7 Å². The molecule has 0 saturated carbocycles. The lowest BCUT2D eigenvalue weighted by Gasteiger charge is -1.97. The second-order valence-corrected chi connectivity index (χ2v) is 5.30. The largest absolute Gasteiger partial charge is 0.295 e. The Bertz CT molecular complexity index is 549. The smallest absolute Gasteiger partial charge is 0.279 e. The molecule has 2 rings (SSSR count). The topological polar surface area (TPSA) is 72.7 Å². The van der Waals surface area contributed by atoms with Crippen LogP contribution in [0, 0.1) is 6.92 Å². The number of anilines is 1. The van der Waals surface area contributed by atoms with Gasteiger partial charge in [0, 0.05) is 12.7 Å². The normalized spacial score (nSPS) is 10.5. The number of aromatic nitrogens is 4. The van der Waals surface area contributed by atoms with Gasteiger partial charge in [0.2, 0.25) is 5.13 Å². The van der Waals surface area contributed by atoms with Gasteiger partial charge in [0.1, 0.15) is 5.01 Å². The van der Waals surface area contributed by atoms with Crippen LogP contribution in [0.3, 0.4) is 0 Å². The zero-order chi connectivity index (χ0) is 12.4. The molecule has 90 valence electrons. The lowest BCUT2D eigenvalue weighted by molar-refractivity contribution is 0.102. The molecule has 0 radical (unpaired) electrons. The average Bonchev–Trinajstić information content (AvgIpc) is 2.85. The summed E-state index contributed by atoms with van der Waals surface area (Å²) in [5.74, 6) is -0.291. The van der Waals surface area contributed by atoms with Gasteiger partial charge in [-0.15, -0.1) is 10.2 Å². The molecular weight excluding hydrogens is 306 g/mol. The summed E-state index contributed by atoms with van der Waals surface area (Å²) in [6.07, 6.45) is 1.76. The van der Waals surface area contributed by atoms with Crippen molar-refractivity contribution in [3.05, 3.63) is 21.4 Å². The van der Waals surface area contributed by atoms with E-state index in [1.807, 2.05) is 13.8 Å². The van der Waals surface area contributed by atoms with Gasteiger partial charge in [-0.2, -0.15) is 5.10 Å². The van der Waals surface area contributed by atoms with Gasteiger partial charge in [-0.25, -0.2) is 0 Å². The number of carbonyl (C=O) groups excluding carboxylic acids is 1. The molecule has 6 nitrogen and oxygen atoms in total. The van der Waals surface area contributed by atoms with Gasteiger partial charge in [0.05, 0.1) is 4.47 Å². The Morgan fingerprint density at radius 3 is 2.88 bits per heavy atom. The number of hydrogen-bond acceptors (Lipinski definition) is 5. The third kappa shape index (κ3) is 2.70. The van der Waals surface area contributed by atoms with E-state index in [2.05, 4.69) is 36.5 Å². The van der Waals surface area contributed by atoms with Crippen molar-refractivity contribution in [3.8, 4) is 0 Å². The lowest BCUT2D eigenvalue weighted by Crippen LogP contribution is -2.13. The fourth-order valence-electron chi connectivity index (χ4n) is 1.22. The Hall–Kier alpha value is -1.28. The Balaban J connectivity index is 2.16. The van der Waals surface area contributed by atoms with Gasteiger partial charge in [-0.05, 0) is 29.8 Å². The minimum atomic E-state index is -0.291. The van der Waals surface area contributed by atoms with E-state index in [1.54, 1.807) is 10.9 Å². The van der Waals surface area contributed by atoms with Crippen molar-refractivity contribution >= 4 is 38.3 Å². The van der Waals surface area contributed by atoms with Crippen LogP contribution >= 0.6 is 27.3 Å². The molecule has 0 spiro atoms. The van der Waals surface area contributed by atoms with E-state index in [0.29, 0.717) is 21.8 Å². The van der Waals surface area contributed by atoms with Crippen molar-refractivity contribution in [2.75, 3.05) is 5.32 Å². The van der Waals surface area contributed by atoms with Gasteiger partial charge in [-0.1, -0.05) is 11.3 Å². The molecule has 0 aliphatic carbocycles. The molecule has 0 atom stereocenters. The predicted octanol–water partition coefficient (Wildman–Crippen LogP) is 2.08. The molecule has 2 heterocycles. The molecule has 0 bridgehead atoms. The summed E-state index contributed by atoms with van der Waals surface area (Å²) < 4.78 is 2.35. The van der Waals surface area contributed by atoms with Crippen LogP contribution in [0.1, 0.15) is 22.4 Å². The number of halogens is 1. The first-order valence-electron chi connectivity index (χ1n) is 4.94. The first-order chi connectivity index (χ1) is 8.10. The van der Waals surface area contributed by atoms with E-state index in [4.69, 9.17) is 0 Å². The number of aryl methyl sites for hydroxylation is 2. The lowest BCUT2D eigenvalue weighted by atomic mass is 10.4. The van der Waals surface area contributed by atoms with E-state index in [-0.39, 0.29) is 5.91 Å². The van der Waals surface area contributed by atoms with Crippen molar-refractivity contribution in [1.82, 2.24) is 20.0 Å². The summed E-state index contributed by atoms with van der Waals surface area (Å²) in [4.78, 5) is 11.9. The maximum atomic E-state index is 11.9. The number of amides is 1. The molecule has 1 amide bonds. The van der Waals surface area contributed by atoms with Gasteiger partial charge in [0.15, 0.2) is 5.69 Å². The number of rotatable bonds is 3. The first kappa shape index (κ1) is 12.2. The standard InChI is InChI=1S/C9H10BrN5OS/c1-3-15-4-6(10)7(14-15)8(16)11-9-13-12-5(2)17-9/h4H,3H2,1-2H3,(H,11,13,16). The zero-order valence-electron chi connectivity index (χ0n) is 9.27. The average molecular weight is 316 g/mol. The molecule has 2 aromatic heterocycles. The Labute approximate surface area is 110 Å². The summed E-state index contributed by atoms with van der Waals surface area (Å²) in [7, 11) is 0. The second-order valence-electron chi connectivity index (χ2n) is 3.26. The highest BCUT2D eigenvalue weighted by atomic mass is 79.9. The van der Waals surface area contributed by atoms with Gasteiger partial charge < -0.3 is 0 Å². The maximum absolute atomic E-state index is 11.9. The molecule has 0 aromatic carbocycles. The third-order valence-electron chi connectivity index (χ3n) is 2.00. The number of carbonyl (C=O) groups is 1. The molecular formula is C9H10BrN5OS. The summed E-state index contributed by atoms with van der Waals surface area (Å²) in [5.41, 5.74) is 0.347. The molecule has 0 aliphatic rings. The molecule has 8 heteroatoms. The van der Waals surface area contributed by atoms with Crippen LogP contribution in [-0.2, 0) is 6.54 Å². The summed E-state index contributed by atoms with van der Waals surface area (Å²) in [6, 6.07) is 0. The van der Waals surface area contributed by atoms with Crippen LogP contribution in [0.25, 0.3) is 0 Å². The predicted molar refractivity (Wildman–Crippen MR) is 68.2 cm³/mol. The van der Waals surface area contributed by atoms with Crippen molar-refractivity contribution in [3.63, 3.8) is 0 Å². The van der Waals surface area contributed by atoms with Gasteiger partial charge >= 0.3 is 0 Å². The highest BCUT2D eigenvalue weighted by molar-refractivity contribution is 9.10. The highest BCUT2D eigenvalue weighted by Gasteiger charge is 2.16. The molecule has 0 saturated heterocycles. The second kappa shape index (κ2) is 4.92. The van der Waals surface area contributed by atoms with Crippen molar-refractivity contribution in [2.24, 2.45) is 0 Å². The molecule has 1 N–H and O–H groups in total. The SMILES string of the molecule is CCn1cc(Br)c(C(=O)Nc2nnc(C)s2)n1. The van der Waals surface area contributed by atoms with Crippen molar-refractivity contribution in [2.45, 2.75) is 20.4 Å². The van der Waals surface area contributed by atoms with Crippen LogP contribution in [0.5, 0.6) is 0 Å². The summed E-state index contributed by atoms with van der Waals surface area (Å²) >= 11 is 4.63. The van der Waals surface area contributed by atoms with E-state index in [1.165, 1.54) is 11.3 Å². The monoisotopic (exact) mass is 315 g/mol. The quantitative estimate of drug-likeness (QED) is 0.941. The van der Waals surface area contributed by atoms with Crippen LogP contribution in [-0.4, -0.2) is 25.9 Å². The minimum absolute atomic E-state index is 0.291. The number of nitrogens with zero attached hydrogens (tertiary/aromatic N) is 4. The molecule has 0 fully saturated rings. The molecule has 2 aromatic rings. The van der Waals surface area contributed by atoms with E-state index >= 15 is 0 Å². The van der Waals surface area contributed by atoms with Crippen LogP contribution < -0.4 is 5.32 Å². The number of hydrogen-bond donors (Lipinski definition) is 1. The number of nitrogens with one attached hydrogen (secondary N) is 1. The van der Waals surface area contributed by atoms with Crippen LogP contribution in [0.2, 0.25) is 0 Å². The molecule has 0 unspecified atom stereocenters.